The Balaban J connectivity index is 2.08. The second-order valence-electron chi connectivity index (χ2n) is 4.46. The lowest BCUT2D eigenvalue weighted by molar-refractivity contribution is 0.346. The molecule has 0 amide bonds. The van der Waals surface area contributed by atoms with E-state index in [4.69, 9.17) is 5.73 Å². The van der Waals surface area contributed by atoms with Crippen LogP contribution in [-0.2, 0) is 15.8 Å². The lowest BCUT2D eigenvalue weighted by Crippen LogP contribution is -2.36. The maximum atomic E-state index is 12.1. The van der Waals surface area contributed by atoms with Crippen LogP contribution < -0.4 is 5.73 Å². The normalized spacial score (nSPS) is 18.1. The van der Waals surface area contributed by atoms with E-state index in [0.717, 1.165) is 24.8 Å². The molecule has 0 bridgehead atoms. The topological polar surface area (TPSA) is 63.4 Å². The quantitative estimate of drug-likeness (QED) is 0.833. The SMILES string of the molecule is Nc1ccc(CS(=O)(=O)N2CCCCC2)cc1. The number of anilines is 1. The summed E-state index contributed by atoms with van der Waals surface area (Å²) in [7, 11) is -3.16. The van der Waals surface area contributed by atoms with Crippen molar-refractivity contribution in [1.29, 1.82) is 0 Å². The van der Waals surface area contributed by atoms with E-state index < -0.39 is 10.0 Å². The third kappa shape index (κ3) is 3.20. The van der Waals surface area contributed by atoms with Crippen LogP contribution in [0.5, 0.6) is 0 Å². The van der Waals surface area contributed by atoms with Crippen molar-refractivity contribution in [3.05, 3.63) is 29.8 Å². The van der Waals surface area contributed by atoms with E-state index in [1.807, 2.05) is 0 Å². The second kappa shape index (κ2) is 5.06. The molecule has 0 atom stereocenters. The number of sulfonamides is 1. The summed E-state index contributed by atoms with van der Waals surface area (Å²) in [6.07, 6.45) is 3.08. The monoisotopic (exact) mass is 254 g/mol. The lowest BCUT2D eigenvalue weighted by Gasteiger charge is -2.25. The molecule has 1 fully saturated rings. The van der Waals surface area contributed by atoms with Crippen LogP contribution in [0.15, 0.2) is 24.3 Å². The summed E-state index contributed by atoms with van der Waals surface area (Å²) in [5, 5.41) is 0. The van der Waals surface area contributed by atoms with Crippen LogP contribution in [0.4, 0.5) is 5.69 Å². The molecular weight excluding hydrogens is 236 g/mol. The lowest BCUT2D eigenvalue weighted by atomic mass is 10.2. The van der Waals surface area contributed by atoms with Gasteiger partial charge in [0.1, 0.15) is 0 Å². The smallest absolute Gasteiger partial charge is 0.218 e. The first-order valence-electron chi connectivity index (χ1n) is 5.90. The number of benzene rings is 1. The molecule has 0 radical (unpaired) electrons. The van der Waals surface area contributed by atoms with Gasteiger partial charge in [-0.2, -0.15) is 0 Å². The summed E-state index contributed by atoms with van der Waals surface area (Å²) < 4.78 is 25.9. The standard InChI is InChI=1S/C12H18N2O2S/c13-12-6-4-11(5-7-12)10-17(15,16)14-8-2-1-3-9-14/h4-7H,1-3,8-10,13H2. The van der Waals surface area contributed by atoms with E-state index >= 15 is 0 Å². The fraction of sp³-hybridized carbons (Fsp3) is 0.500. The van der Waals surface area contributed by atoms with Gasteiger partial charge in [-0.25, -0.2) is 12.7 Å². The fourth-order valence-corrected chi connectivity index (χ4v) is 3.67. The summed E-state index contributed by atoms with van der Waals surface area (Å²) in [6.45, 7) is 1.33. The average molecular weight is 254 g/mol. The van der Waals surface area contributed by atoms with Gasteiger partial charge in [0.15, 0.2) is 0 Å². The Morgan fingerprint density at radius 1 is 1.06 bits per heavy atom. The predicted molar refractivity (Wildman–Crippen MR) is 68.9 cm³/mol. The highest BCUT2D eigenvalue weighted by atomic mass is 32.2. The van der Waals surface area contributed by atoms with Crippen molar-refractivity contribution in [2.24, 2.45) is 0 Å². The van der Waals surface area contributed by atoms with Crippen LogP contribution in [0.25, 0.3) is 0 Å². The van der Waals surface area contributed by atoms with Crippen molar-refractivity contribution in [3.63, 3.8) is 0 Å². The van der Waals surface area contributed by atoms with Crippen molar-refractivity contribution in [2.45, 2.75) is 25.0 Å². The van der Waals surface area contributed by atoms with E-state index in [9.17, 15) is 8.42 Å². The Morgan fingerprint density at radius 2 is 1.65 bits per heavy atom. The van der Waals surface area contributed by atoms with Crippen LogP contribution in [0.3, 0.4) is 0 Å². The molecule has 2 N–H and O–H groups in total. The van der Waals surface area contributed by atoms with Gasteiger partial charge in [0.05, 0.1) is 5.75 Å². The molecule has 0 spiro atoms. The molecule has 94 valence electrons. The number of piperidine rings is 1. The molecule has 0 unspecified atom stereocenters. The second-order valence-corrected chi connectivity index (χ2v) is 6.43. The van der Waals surface area contributed by atoms with E-state index in [1.165, 1.54) is 0 Å². The molecular formula is C12H18N2O2S. The largest absolute Gasteiger partial charge is 0.399 e. The highest BCUT2D eigenvalue weighted by molar-refractivity contribution is 7.88. The third-order valence-electron chi connectivity index (χ3n) is 3.04. The maximum Gasteiger partial charge on any atom is 0.218 e. The van der Waals surface area contributed by atoms with Crippen molar-refractivity contribution in [2.75, 3.05) is 18.8 Å². The van der Waals surface area contributed by atoms with Gasteiger partial charge in [0.2, 0.25) is 10.0 Å². The number of nitrogens with two attached hydrogens (primary N) is 1. The van der Waals surface area contributed by atoms with E-state index in [2.05, 4.69) is 0 Å². The van der Waals surface area contributed by atoms with E-state index in [-0.39, 0.29) is 5.75 Å². The first kappa shape index (κ1) is 12.4. The van der Waals surface area contributed by atoms with Gasteiger partial charge < -0.3 is 5.73 Å². The van der Waals surface area contributed by atoms with Crippen LogP contribution in [0, 0.1) is 0 Å². The number of hydrogen-bond donors (Lipinski definition) is 1. The molecule has 2 rings (SSSR count). The zero-order chi connectivity index (χ0) is 12.3. The van der Waals surface area contributed by atoms with Crippen LogP contribution >= 0.6 is 0 Å². The van der Waals surface area contributed by atoms with Crippen LogP contribution in [0.1, 0.15) is 24.8 Å². The Hall–Kier alpha value is -1.07. The number of hydrogen-bond acceptors (Lipinski definition) is 3. The number of nitrogens with zero attached hydrogens (tertiary/aromatic N) is 1. The first-order valence-corrected chi connectivity index (χ1v) is 7.51. The molecule has 1 aromatic carbocycles. The van der Waals surface area contributed by atoms with E-state index in [1.54, 1.807) is 28.6 Å². The van der Waals surface area contributed by atoms with E-state index in [0.29, 0.717) is 18.8 Å². The summed E-state index contributed by atoms with van der Waals surface area (Å²) in [4.78, 5) is 0. The van der Waals surface area contributed by atoms with Gasteiger partial charge in [0, 0.05) is 18.8 Å². The molecule has 5 heteroatoms. The minimum absolute atomic E-state index is 0.0767. The summed E-state index contributed by atoms with van der Waals surface area (Å²) in [5.41, 5.74) is 7.03. The van der Waals surface area contributed by atoms with Crippen molar-refractivity contribution in [1.82, 2.24) is 4.31 Å². The highest BCUT2D eigenvalue weighted by Crippen LogP contribution is 2.17. The van der Waals surface area contributed by atoms with Crippen LogP contribution in [-0.4, -0.2) is 25.8 Å². The molecule has 17 heavy (non-hydrogen) atoms. The molecule has 4 nitrogen and oxygen atoms in total. The van der Waals surface area contributed by atoms with Gasteiger partial charge in [-0.1, -0.05) is 18.6 Å². The Labute approximate surface area is 102 Å². The first-order chi connectivity index (χ1) is 8.08. The summed E-state index contributed by atoms with van der Waals surface area (Å²) in [5.74, 6) is 0.0767. The minimum atomic E-state index is -3.16. The van der Waals surface area contributed by atoms with Crippen molar-refractivity contribution >= 4 is 15.7 Å². The zero-order valence-electron chi connectivity index (χ0n) is 9.80. The molecule has 1 heterocycles. The molecule has 0 aromatic heterocycles. The third-order valence-corrected chi connectivity index (χ3v) is 4.89. The zero-order valence-corrected chi connectivity index (χ0v) is 10.6. The fourth-order valence-electron chi connectivity index (χ4n) is 2.06. The van der Waals surface area contributed by atoms with Gasteiger partial charge in [0.25, 0.3) is 0 Å². The average Bonchev–Trinajstić information content (AvgIpc) is 2.33. The van der Waals surface area contributed by atoms with Gasteiger partial charge in [-0.3, -0.25) is 0 Å². The van der Waals surface area contributed by atoms with Crippen molar-refractivity contribution in [3.8, 4) is 0 Å². The Bertz CT molecular complexity index is 462. The van der Waals surface area contributed by atoms with Crippen LogP contribution in [0.2, 0.25) is 0 Å². The maximum absolute atomic E-state index is 12.1. The summed E-state index contributed by atoms with van der Waals surface area (Å²) in [6, 6.07) is 7.02. The minimum Gasteiger partial charge on any atom is -0.399 e. The molecule has 1 saturated heterocycles. The van der Waals surface area contributed by atoms with Gasteiger partial charge in [-0.15, -0.1) is 0 Å². The molecule has 1 aromatic rings. The molecule has 0 aliphatic carbocycles. The van der Waals surface area contributed by atoms with Crippen molar-refractivity contribution < 1.29 is 8.42 Å². The predicted octanol–water partition coefficient (Wildman–Crippen LogP) is 1.58. The molecule has 1 aliphatic rings. The molecule has 1 aliphatic heterocycles. The Kier molecular flexibility index (Phi) is 3.69. The van der Waals surface area contributed by atoms with Gasteiger partial charge >= 0.3 is 0 Å². The molecule has 0 saturated carbocycles. The number of rotatable bonds is 3. The number of nitrogen functional groups attached to an aromatic ring is 1. The van der Waals surface area contributed by atoms with Gasteiger partial charge in [-0.05, 0) is 30.5 Å². The summed E-state index contributed by atoms with van der Waals surface area (Å²) >= 11 is 0. The Morgan fingerprint density at radius 3 is 2.24 bits per heavy atom. The highest BCUT2D eigenvalue weighted by Gasteiger charge is 2.23.